The highest BCUT2D eigenvalue weighted by Gasteiger charge is 2.05. The van der Waals surface area contributed by atoms with E-state index in [-0.39, 0.29) is 0 Å². The van der Waals surface area contributed by atoms with Gasteiger partial charge in [-0.1, -0.05) is 10.9 Å². The van der Waals surface area contributed by atoms with Crippen LogP contribution in [0.25, 0.3) is 11.0 Å². The number of hydrogen-bond acceptors (Lipinski definition) is 1. The van der Waals surface area contributed by atoms with E-state index in [0.717, 1.165) is 11.0 Å². The number of hydrogen-bond donors (Lipinski definition) is 0. The van der Waals surface area contributed by atoms with Crippen LogP contribution >= 0.6 is 0 Å². The van der Waals surface area contributed by atoms with E-state index in [1.54, 1.807) is 4.80 Å². The van der Waals surface area contributed by atoms with Crippen molar-refractivity contribution < 1.29 is 5.10 Å². The Morgan fingerprint density at radius 3 is 3.09 bits per heavy atom. The first-order valence-corrected chi connectivity index (χ1v) is 3.58. The highest BCUT2D eigenvalue weighted by atomic mass is 15.4. The van der Waals surface area contributed by atoms with Crippen LogP contribution in [0.5, 0.6) is 0 Å². The lowest BCUT2D eigenvalue weighted by atomic mass is 10.2. The number of H-pyrrole nitrogens is 1. The summed E-state index contributed by atoms with van der Waals surface area (Å²) in [6.07, 6.45) is 0. The Kier molecular flexibility index (Phi) is 1.18. The van der Waals surface area contributed by atoms with Gasteiger partial charge in [0.05, 0.1) is 7.05 Å². The van der Waals surface area contributed by atoms with Crippen LogP contribution in [0.2, 0.25) is 0 Å². The van der Waals surface area contributed by atoms with Crippen molar-refractivity contribution in [3.05, 3.63) is 23.8 Å². The zero-order chi connectivity index (χ0) is 7.84. The number of rotatable bonds is 0. The molecule has 56 valence electrons. The van der Waals surface area contributed by atoms with E-state index < -0.39 is 0 Å². The molecule has 2 rings (SSSR count). The molecule has 0 amide bonds. The second-order valence-electron chi connectivity index (χ2n) is 2.76. The minimum Gasteiger partial charge on any atom is -0.167 e. The second-order valence-corrected chi connectivity index (χ2v) is 2.76. The molecule has 3 nitrogen and oxygen atoms in total. The summed E-state index contributed by atoms with van der Waals surface area (Å²) in [6, 6.07) is 6.17. The monoisotopic (exact) mass is 148 g/mol. The predicted molar refractivity (Wildman–Crippen MR) is 42.0 cm³/mol. The maximum absolute atomic E-state index is 4.24. The maximum atomic E-state index is 4.24. The van der Waals surface area contributed by atoms with Crippen LogP contribution in [-0.2, 0) is 7.05 Å². The second kappa shape index (κ2) is 2.05. The number of fused-ring (bicyclic) bond motifs is 1. The van der Waals surface area contributed by atoms with E-state index in [1.807, 2.05) is 13.1 Å². The third-order valence-electron chi connectivity index (χ3n) is 1.69. The standard InChI is InChI=1S/C8H9N3/c1-6-3-4-7-8(5-6)10-11(2)9-7/h3-5H,1-2H3/p+1. The zero-order valence-corrected chi connectivity index (χ0v) is 6.63. The minimum atomic E-state index is 1.02. The van der Waals surface area contributed by atoms with Crippen molar-refractivity contribution in [1.29, 1.82) is 0 Å². The van der Waals surface area contributed by atoms with Crippen LogP contribution in [0.3, 0.4) is 0 Å². The molecule has 1 aromatic heterocycles. The fourth-order valence-corrected chi connectivity index (χ4v) is 1.18. The Morgan fingerprint density at radius 1 is 1.45 bits per heavy atom. The summed E-state index contributed by atoms with van der Waals surface area (Å²) in [5.41, 5.74) is 3.34. The van der Waals surface area contributed by atoms with Gasteiger partial charge in [-0.25, -0.2) is 0 Å². The largest absolute Gasteiger partial charge is 0.249 e. The number of aryl methyl sites for hydroxylation is 2. The molecule has 0 radical (unpaired) electrons. The van der Waals surface area contributed by atoms with Gasteiger partial charge in [-0.2, -0.15) is 5.10 Å². The summed E-state index contributed by atoms with van der Waals surface area (Å²) >= 11 is 0. The molecule has 1 N–H and O–H groups in total. The third-order valence-corrected chi connectivity index (χ3v) is 1.69. The smallest absolute Gasteiger partial charge is 0.167 e. The van der Waals surface area contributed by atoms with Crippen molar-refractivity contribution in [2.75, 3.05) is 0 Å². The zero-order valence-electron chi connectivity index (χ0n) is 6.63. The van der Waals surface area contributed by atoms with Crippen molar-refractivity contribution in [2.24, 2.45) is 7.05 Å². The number of aromatic nitrogens is 3. The quantitative estimate of drug-likeness (QED) is 0.541. The van der Waals surface area contributed by atoms with Crippen LogP contribution < -0.4 is 5.10 Å². The van der Waals surface area contributed by atoms with Crippen molar-refractivity contribution in [2.45, 2.75) is 6.92 Å². The molecule has 0 aliphatic heterocycles. The molecule has 0 fully saturated rings. The number of aromatic amines is 1. The van der Waals surface area contributed by atoms with Gasteiger partial charge in [-0.3, -0.25) is 0 Å². The van der Waals surface area contributed by atoms with Crippen LogP contribution in [-0.4, -0.2) is 9.90 Å². The van der Waals surface area contributed by atoms with Crippen LogP contribution in [0.15, 0.2) is 18.2 Å². The van der Waals surface area contributed by atoms with Crippen molar-refractivity contribution in [3.8, 4) is 0 Å². The Morgan fingerprint density at radius 2 is 2.27 bits per heavy atom. The lowest BCUT2D eigenvalue weighted by molar-refractivity contribution is -0.466. The molecular weight excluding hydrogens is 138 g/mol. The number of nitrogens with zero attached hydrogens (tertiary/aromatic N) is 2. The molecule has 0 saturated carbocycles. The van der Waals surface area contributed by atoms with E-state index in [0.29, 0.717) is 0 Å². The fraction of sp³-hybridized carbons (Fsp3) is 0.250. The molecule has 0 spiro atoms. The normalized spacial score (nSPS) is 10.7. The van der Waals surface area contributed by atoms with E-state index >= 15 is 0 Å². The Labute approximate surface area is 64.6 Å². The van der Waals surface area contributed by atoms with Crippen LogP contribution in [0.4, 0.5) is 0 Å². The Balaban J connectivity index is 2.82. The molecule has 0 unspecified atom stereocenters. The summed E-state index contributed by atoms with van der Waals surface area (Å²) in [6.45, 7) is 2.06. The summed E-state index contributed by atoms with van der Waals surface area (Å²) in [5, 5.41) is 7.33. The first kappa shape index (κ1) is 6.34. The van der Waals surface area contributed by atoms with Gasteiger partial charge in [-0.15, -0.1) is 0 Å². The molecule has 3 heteroatoms. The molecule has 1 heterocycles. The van der Waals surface area contributed by atoms with Crippen molar-refractivity contribution in [1.82, 2.24) is 9.90 Å². The lowest BCUT2D eigenvalue weighted by Crippen LogP contribution is -2.14. The van der Waals surface area contributed by atoms with Gasteiger partial charge >= 0.3 is 0 Å². The van der Waals surface area contributed by atoms with Gasteiger partial charge in [0.1, 0.15) is 0 Å². The minimum absolute atomic E-state index is 1.02. The molecular formula is C8H10N3+. The number of nitrogens with one attached hydrogen (secondary N) is 1. The third kappa shape index (κ3) is 0.981. The molecule has 1 aromatic carbocycles. The van der Waals surface area contributed by atoms with Gasteiger partial charge in [0.25, 0.3) is 0 Å². The molecule has 0 bridgehead atoms. The highest BCUT2D eigenvalue weighted by Crippen LogP contribution is 2.06. The van der Waals surface area contributed by atoms with Gasteiger partial charge in [0.15, 0.2) is 5.52 Å². The first-order chi connectivity index (χ1) is 5.25. The average Bonchev–Trinajstić information content (AvgIpc) is 2.27. The summed E-state index contributed by atoms with van der Waals surface area (Å²) in [5.74, 6) is 0. The first-order valence-electron chi connectivity index (χ1n) is 3.58. The lowest BCUT2D eigenvalue weighted by Gasteiger charge is -1.83. The van der Waals surface area contributed by atoms with Crippen molar-refractivity contribution >= 4 is 11.0 Å². The average molecular weight is 148 g/mol. The molecule has 11 heavy (non-hydrogen) atoms. The van der Waals surface area contributed by atoms with E-state index in [9.17, 15) is 0 Å². The molecule has 0 aliphatic carbocycles. The van der Waals surface area contributed by atoms with Gasteiger partial charge in [0, 0.05) is 5.10 Å². The SMILES string of the molecule is Cc1ccc2[nH+]n(C)nc2c1. The van der Waals surface area contributed by atoms with E-state index in [1.165, 1.54) is 5.56 Å². The molecule has 2 aromatic rings. The Bertz CT molecular complexity index is 389. The van der Waals surface area contributed by atoms with Crippen LogP contribution in [0, 0.1) is 6.92 Å². The Hall–Kier alpha value is -1.38. The van der Waals surface area contributed by atoms with Crippen LogP contribution in [0.1, 0.15) is 5.56 Å². The topological polar surface area (TPSA) is 32.0 Å². The van der Waals surface area contributed by atoms with E-state index in [2.05, 4.69) is 29.3 Å². The fourth-order valence-electron chi connectivity index (χ4n) is 1.18. The van der Waals surface area contributed by atoms with Gasteiger partial charge in [0.2, 0.25) is 5.52 Å². The van der Waals surface area contributed by atoms with E-state index in [4.69, 9.17) is 0 Å². The molecule has 0 atom stereocenters. The van der Waals surface area contributed by atoms with Crippen molar-refractivity contribution in [3.63, 3.8) is 0 Å². The summed E-state index contributed by atoms with van der Waals surface area (Å²) in [4.78, 5) is 1.71. The van der Waals surface area contributed by atoms with Gasteiger partial charge < -0.3 is 0 Å². The molecule has 0 saturated heterocycles. The maximum Gasteiger partial charge on any atom is 0.249 e. The van der Waals surface area contributed by atoms with Gasteiger partial charge in [-0.05, 0) is 24.6 Å². The summed E-state index contributed by atoms with van der Waals surface area (Å²) < 4.78 is 0. The summed E-state index contributed by atoms with van der Waals surface area (Å²) in [7, 11) is 1.88. The number of benzene rings is 1. The highest BCUT2D eigenvalue weighted by molar-refractivity contribution is 5.70. The molecule has 0 aliphatic rings. The predicted octanol–water partition coefficient (Wildman–Crippen LogP) is 0.696.